The molecule has 11 nitrogen and oxygen atoms in total. The Kier molecular flexibility index (Phi) is 5.41. The van der Waals surface area contributed by atoms with E-state index in [0.29, 0.717) is 23.6 Å². The Morgan fingerprint density at radius 2 is 2.42 bits per heavy atom. The van der Waals surface area contributed by atoms with E-state index < -0.39 is 33.9 Å². The summed E-state index contributed by atoms with van der Waals surface area (Å²) in [5.41, 5.74) is 6.82. The fourth-order valence-corrected chi connectivity index (χ4v) is 3.93. The number of aromatic nitrogens is 2. The van der Waals surface area contributed by atoms with Gasteiger partial charge in [-0.15, -0.1) is 0 Å². The first-order valence-corrected chi connectivity index (χ1v) is 11.4. The number of rotatable bonds is 6. The lowest BCUT2D eigenvalue weighted by Gasteiger charge is -2.21. The molecular weight excluding hydrogens is 382 g/mol. The molecule has 0 bridgehead atoms. The summed E-state index contributed by atoms with van der Waals surface area (Å²) in [5.74, 6) is 0.681. The average molecular weight is 404 g/mol. The highest BCUT2D eigenvalue weighted by atomic mass is 31.2. The number of hydrogen-bond acceptors (Lipinski definition) is 8. The lowest BCUT2D eigenvalue weighted by molar-refractivity contribution is -0.0200. The summed E-state index contributed by atoms with van der Waals surface area (Å²) >= 11 is 0. The Bertz CT molecular complexity index is 818. The second kappa shape index (κ2) is 7.28. The van der Waals surface area contributed by atoms with Crippen molar-refractivity contribution in [2.24, 2.45) is 10.7 Å². The summed E-state index contributed by atoms with van der Waals surface area (Å²) < 4.78 is 24.3. The van der Waals surface area contributed by atoms with Crippen molar-refractivity contribution in [3.05, 3.63) is 18.6 Å². The molecule has 0 aliphatic carbocycles. The molecule has 0 spiro atoms. The molecule has 6 N–H and O–H groups in total. The number of imidazole rings is 1. The van der Waals surface area contributed by atoms with Crippen LogP contribution in [0.1, 0.15) is 18.3 Å². The summed E-state index contributed by atoms with van der Waals surface area (Å²) in [6.45, 7) is 5.38. The summed E-state index contributed by atoms with van der Waals surface area (Å²) in [6, 6.07) is -0.452. The Labute approximate surface area is 151 Å². The predicted octanol–water partition coefficient (Wildman–Crippen LogP) is -0.0508. The standard InChI is InChI=1S/C13H22N6O5P2/c1-7-11-12(17-13(14)16-7)19(6-15-11)10-4-8(18-25(20)21)9(24-10)5-23-26(2,3)22/h6,8-10,22,25H,1-2,4-5H2,3H3,(H3,14,16,17)(H2,18,20,21)/t8-,9+,10+,26?/m0/s1. The van der Waals surface area contributed by atoms with Crippen molar-refractivity contribution < 1.29 is 23.6 Å². The van der Waals surface area contributed by atoms with Crippen LogP contribution >= 0.6 is 15.5 Å². The molecule has 0 aromatic carbocycles. The molecule has 2 unspecified atom stereocenters. The zero-order chi connectivity index (χ0) is 19.1. The maximum absolute atomic E-state index is 11.3. The minimum absolute atomic E-state index is 0.0319. The molecule has 13 heteroatoms. The summed E-state index contributed by atoms with van der Waals surface area (Å²) in [5, 5.41) is 5.40. The van der Waals surface area contributed by atoms with Crippen LogP contribution in [0.4, 0.5) is 5.82 Å². The van der Waals surface area contributed by atoms with Crippen LogP contribution in [0.5, 0.6) is 0 Å². The highest BCUT2D eigenvalue weighted by Crippen LogP contribution is 2.40. The van der Waals surface area contributed by atoms with Crippen molar-refractivity contribution >= 4 is 39.3 Å². The molecule has 1 saturated heterocycles. The van der Waals surface area contributed by atoms with Gasteiger partial charge in [0.15, 0.2) is 11.8 Å². The van der Waals surface area contributed by atoms with Crippen molar-refractivity contribution in [3.63, 3.8) is 0 Å². The fourth-order valence-electron chi connectivity index (χ4n) is 2.85. The Balaban J connectivity index is 1.83. The fraction of sp³-hybridized carbons (Fsp3) is 0.462. The van der Waals surface area contributed by atoms with E-state index in [1.165, 1.54) is 6.66 Å². The first-order chi connectivity index (χ1) is 12.1. The lowest BCUT2D eigenvalue weighted by Crippen LogP contribution is -2.35. The normalized spacial score (nSPS) is 28.8. The van der Waals surface area contributed by atoms with Crippen LogP contribution in [0, 0.1) is 0 Å². The smallest absolute Gasteiger partial charge is 0.256 e. The lowest BCUT2D eigenvalue weighted by atomic mass is 10.1. The average Bonchev–Trinajstić information content (AvgIpc) is 3.07. The number of nitrogens with one attached hydrogen (secondary N) is 2. The molecule has 3 heterocycles. The van der Waals surface area contributed by atoms with E-state index in [0.717, 1.165) is 0 Å². The van der Waals surface area contributed by atoms with Gasteiger partial charge in [-0.25, -0.2) is 10.1 Å². The van der Waals surface area contributed by atoms with Gasteiger partial charge < -0.3 is 30.1 Å². The van der Waals surface area contributed by atoms with Gasteiger partial charge in [-0.05, 0) is 0 Å². The number of nitrogens with two attached hydrogens (primary N) is 1. The predicted molar refractivity (Wildman–Crippen MR) is 100 cm³/mol. The first-order valence-electron chi connectivity index (χ1n) is 7.74. The van der Waals surface area contributed by atoms with E-state index >= 15 is 0 Å². The van der Waals surface area contributed by atoms with Gasteiger partial charge in [-0.2, -0.15) is 4.99 Å². The van der Waals surface area contributed by atoms with Gasteiger partial charge >= 0.3 is 0 Å². The van der Waals surface area contributed by atoms with E-state index in [9.17, 15) is 14.4 Å². The molecule has 1 aromatic rings. The third-order valence-corrected chi connectivity index (χ3v) is 5.25. The van der Waals surface area contributed by atoms with Crippen molar-refractivity contribution in [1.29, 1.82) is 0 Å². The molecule has 5 atom stereocenters. The zero-order valence-electron chi connectivity index (χ0n) is 14.1. The van der Waals surface area contributed by atoms with Crippen molar-refractivity contribution in [1.82, 2.24) is 20.0 Å². The zero-order valence-corrected chi connectivity index (χ0v) is 16.0. The third-order valence-electron chi connectivity index (χ3n) is 3.93. The first kappa shape index (κ1) is 19.3. The summed E-state index contributed by atoms with van der Waals surface area (Å²) in [4.78, 5) is 27.5. The molecular formula is C13H22N6O5P2. The van der Waals surface area contributed by atoms with Crippen LogP contribution in [0.2, 0.25) is 0 Å². The quantitative estimate of drug-likeness (QED) is 0.410. The summed E-state index contributed by atoms with van der Waals surface area (Å²) in [6.07, 6.45) is 4.43. The highest BCUT2D eigenvalue weighted by molar-refractivity contribution is 7.62. The van der Waals surface area contributed by atoms with Crippen molar-refractivity contribution in [2.45, 2.75) is 24.8 Å². The van der Waals surface area contributed by atoms with Crippen LogP contribution in [0.25, 0.3) is 5.70 Å². The van der Waals surface area contributed by atoms with Crippen molar-refractivity contribution in [2.75, 3.05) is 13.3 Å². The highest BCUT2D eigenvalue weighted by Gasteiger charge is 2.39. The van der Waals surface area contributed by atoms with E-state index in [4.69, 9.17) is 15.0 Å². The molecule has 26 heavy (non-hydrogen) atoms. The number of hydrogen-bond donors (Lipinski definition) is 5. The van der Waals surface area contributed by atoms with E-state index in [1.54, 1.807) is 10.9 Å². The van der Waals surface area contributed by atoms with Gasteiger partial charge in [0.2, 0.25) is 0 Å². The molecule has 2 aliphatic heterocycles. The number of ether oxygens (including phenoxy) is 1. The maximum Gasteiger partial charge on any atom is 0.256 e. The van der Waals surface area contributed by atoms with Crippen LogP contribution in [0.3, 0.4) is 0 Å². The number of nitrogens with zero attached hydrogens (tertiary/aromatic N) is 3. The molecule has 3 rings (SSSR count). The second-order valence-electron chi connectivity index (χ2n) is 6.19. The van der Waals surface area contributed by atoms with E-state index in [1.807, 2.05) is 0 Å². The van der Waals surface area contributed by atoms with Gasteiger partial charge in [0, 0.05) is 19.1 Å². The topological polar surface area (TPSA) is 156 Å². The maximum atomic E-state index is 11.3. The Morgan fingerprint density at radius 3 is 3.08 bits per heavy atom. The van der Waals surface area contributed by atoms with Gasteiger partial charge in [0.25, 0.3) is 8.18 Å². The largest absolute Gasteiger partial charge is 0.369 e. The minimum atomic E-state index is -2.93. The molecule has 0 amide bonds. The van der Waals surface area contributed by atoms with Crippen LogP contribution in [-0.4, -0.2) is 57.0 Å². The van der Waals surface area contributed by atoms with Crippen LogP contribution in [-0.2, 0) is 13.8 Å². The third kappa shape index (κ3) is 4.27. The van der Waals surface area contributed by atoms with Gasteiger partial charge in [-0.3, -0.25) is 9.13 Å². The molecule has 2 aliphatic rings. The van der Waals surface area contributed by atoms with Gasteiger partial charge in [0.1, 0.15) is 19.3 Å². The number of aliphatic imine (C=N–C) groups is 1. The second-order valence-corrected chi connectivity index (χ2v) is 9.45. The van der Waals surface area contributed by atoms with E-state index in [-0.39, 0.29) is 12.6 Å². The Hall–Kier alpha value is -1.45. The monoisotopic (exact) mass is 404 g/mol. The molecule has 0 saturated carbocycles. The Morgan fingerprint density at radius 1 is 1.69 bits per heavy atom. The van der Waals surface area contributed by atoms with Gasteiger partial charge in [-0.1, -0.05) is 12.9 Å². The van der Waals surface area contributed by atoms with Crippen molar-refractivity contribution in [3.8, 4) is 0 Å². The molecule has 1 fully saturated rings. The van der Waals surface area contributed by atoms with Gasteiger partial charge in [0.05, 0.1) is 24.7 Å². The van der Waals surface area contributed by atoms with E-state index in [2.05, 4.69) is 33.3 Å². The molecule has 1 aromatic heterocycles. The van der Waals surface area contributed by atoms with Crippen LogP contribution < -0.4 is 16.1 Å². The number of guanidine groups is 1. The molecule has 144 valence electrons. The summed E-state index contributed by atoms with van der Waals surface area (Å²) in [7, 11) is -5.64. The number of fused-ring (bicyclic) bond motifs is 1. The minimum Gasteiger partial charge on any atom is -0.369 e. The SMILES string of the molecule is C=C1NC(N)=Nc2c1ncn2[C@H]1C[C@H](N[PH](=O)O)[C@@H](COP(=C)(C)O)O1. The van der Waals surface area contributed by atoms with Crippen LogP contribution in [0.15, 0.2) is 17.9 Å². The molecule has 0 radical (unpaired) electrons.